The van der Waals surface area contributed by atoms with Crippen molar-refractivity contribution in [3.8, 4) is 5.75 Å². The molecule has 4 bridgehead atoms. The van der Waals surface area contributed by atoms with Crippen LogP contribution in [0.2, 0.25) is 0 Å². The summed E-state index contributed by atoms with van der Waals surface area (Å²) in [6.45, 7) is -1.55. The maximum Gasteiger partial charge on any atom is 0.387 e. The molecule has 4 aliphatic rings. The molecule has 0 aliphatic heterocycles. The van der Waals surface area contributed by atoms with Crippen LogP contribution in [0.15, 0.2) is 24.3 Å². The number of ether oxygens (including phenoxy) is 2. The van der Waals surface area contributed by atoms with Crippen LogP contribution in [0.3, 0.4) is 0 Å². The molecule has 152 valence electrons. The molecule has 1 amide bonds. The first kappa shape index (κ1) is 19.2. The molecular weight excluding hydrogens is 368 g/mol. The molecule has 5 nitrogen and oxygen atoms in total. The summed E-state index contributed by atoms with van der Waals surface area (Å²) >= 11 is 0. The van der Waals surface area contributed by atoms with E-state index in [1.807, 2.05) is 0 Å². The average molecular weight is 393 g/mol. The molecule has 4 saturated carbocycles. The zero-order valence-electron chi connectivity index (χ0n) is 15.8. The number of esters is 1. The molecule has 1 atom stereocenters. The molecule has 0 aromatic heterocycles. The Hall–Kier alpha value is -2.18. The fourth-order valence-corrected chi connectivity index (χ4v) is 5.74. The van der Waals surface area contributed by atoms with E-state index in [2.05, 4.69) is 10.1 Å². The van der Waals surface area contributed by atoms with E-state index in [1.165, 1.54) is 50.5 Å². The number of alkyl halides is 2. The van der Waals surface area contributed by atoms with E-state index < -0.39 is 18.7 Å². The van der Waals surface area contributed by atoms with Crippen molar-refractivity contribution in [3.05, 3.63) is 29.8 Å². The standard InChI is InChI=1S/C21H25F2NO4/c1-12(27-19(26)16-4-2-3-5-17(16)28-20(22)23)18(25)24-21-9-13-6-14(10-21)8-15(7-13)11-21/h2-5,12-15,20H,6-11H2,1H3,(H,24,25)/t12-,13?,14?,15?,21?/m1/s1. The zero-order valence-corrected chi connectivity index (χ0v) is 15.8. The van der Waals surface area contributed by atoms with E-state index in [1.54, 1.807) is 0 Å². The van der Waals surface area contributed by atoms with Gasteiger partial charge in [-0.3, -0.25) is 4.79 Å². The van der Waals surface area contributed by atoms with Gasteiger partial charge in [0.1, 0.15) is 11.3 Å². The molecule has 0 unspecified atom stereocenters. The van der Waals surface area contributed by atoms with Crippen LogP contribution >= 0.6 is 0 Å². The van der Waals surface area contributed by atoms with Crippen LogP contribution in [0.1, 0.15) is 55.8 Å². The first-order valence-corrected chi connectivity index (χ1v) is 9.90. The van der Waals surface area contributed by atoms with Gasteiger partial charge in [0.2, 0.25) is 0 Å². The van der Waals surface area contributed by atoms with Crippen LogP contribution in [0.4, 0.5) is 8.78 Å². The third kappa shape index (κ3) is 3.84. The molecule has 1 aromatic carbocycles. The van der Waals surface area contributed by atoms with Gasteiger partial charge in [-0.05, 0) is 75.3 Å². The fourth-order valence-electron chi connectivity index (χ4n) is 5.74. The van der Waals surface area contributed by atoms with Gasteiger partial charge < -0.3 is 14.8 Å². The molecule has 4 fully saturated rings. The third-order valence-corrected chi connectivity index (χ3v) is 6.40. The number of benzene rings is 1. The largest absolute Gasteiger partial charge is 0.449 e. The number of nitrogens with one attached hydrogen (secondary N) is 1. The van der Waals surface area contributed by atoms with Gasteiger partial charge in [0, 0.05) is 5.54 Å². The first-order valence-electron chi connectivity index (χ1n) is 9.90. The predicted octanol–water partition coefficient (Wildman–Crippen LogP) is 3.92. The SMILES string of the molecule is C[C@@H](OC(=O)c1ccccc1OC(F)F)C(=O)NC12CC3CC(CC(C3)C1)C2. The number of halogens is 2. The first-order chi connectivity index (χ1) is 13.3. The minimum Gasteiger partial charge on any atom is -0.449 e. The molecule has 5 rings (SSSR count). The van der Waals surface area contributed by atoms with Gasteiger partial charge in [0.15, 0.2) is 6.10 Å². The second-order valence-corrected chi connectivity index (χ2v) is 8.61. The lowest BCUT2D eigenvalue weighted by atomic mass is 9.53. The number of para-hydroxylation sites is 1. The second-order valence-electron chi connectivity index (χ2n) is 8.61. The summed E-state index contributed by atoms with van der Waals surface area (Å²) in [5.74, 6) is 0.594. The third-order valence-electron chi connectivity index (χ3n) is 6.40. The van der Waals surface area contributed by atoms with Crippen molar-refractivity contribution in [1.29, 1.82) is 0 Å². The number of rotatable bonds is 6. The number of hydrogen-bond acceptors (Lipinski definition) is 4. The van der Waals surface area contributed by atoms with Crippen molar-refractivity contribution in [2.45, 2.75) is 63.7 Å². The van der Waals surface area contributed by atoms with Crippen LogP contribution < -0.4 is 10.1 Å². The number of amides is 1. The number of carbonyl (C=O) groups is 2. The highest BCUT2D eigenvalue weighted by atomic mass is 19.3. The summed E-state index contributed by atoms with van der Waals surface area (Å²) < 4.78 is 34.7. The van der Waals surface area contributed by atoms with E-state index in [0.717, 1.165) is 19.3 Å². The van der Waals surface area contributed by atoms with Gasteiger partial charge in [-0.2, -0.15) is 8.78 Å². The van der Waals surface area contributed by atoms with E-state index in [4.69, 9.17) is 4.74 Å². The van der Waals surface area contributed by atoms with Crippen molar-refractivity contribution in [2.75, 3.05) is 0 Å². The van der Waals surface area contributed by atoms with Crippen molar-refractivity contribution in [1.82, 2.24) is 5.32 Å². The summed E-state index contributed by atoms with van der Waals surface area (Å²) in [6, 6.07) is 5.61. The van der Waals surface area contributed by atoms with Crippen molar-refractivity contribution >= 4 is 11.9 Å². The lowest BCUT2D eigenvalue weighted by Gasteiger charge is -2.57. The summed E-state index contributed by atoms with van der Waals surface area (Å²) in [7, 11) is 0. The van der Waals surface area contributed by atoms with Gasteiger partial charge >= 0.3 is 12.6 Å². The molecule has 0 radical (unpaired) electrons. The Morgan fingerprint density at radius 1 is 1.07 bits per heavy atom. The average Bonchev–Trinajstić information content (AvgIpc) is 2.59. The molecule has 0 heterocycles. The lowest BCUT2D eigenvalue weighted by Crippen LogP contribution is -2.61. The Morgan fingerprint density at radius 2 is 1.64 bits per heavy atom. The smallest absolute Gasteiger partial charge is 0.387 e. The Morgan fingerprint density at radius 3 is 2.21 bits per heavy atom. The van der Waals surface area contributed by atoms with Gasteiger partial charge in [-0.15, -0.1) is 0 Å². The van der Waals surface area contributed by atoms with Crippen LogP contribution in [0.25, 0.3) is 0 Å². The van der Waals surface area contributed by atoms with E-state index in [9.17, 15) is 18.4 Å². The minimum absolute atomic E-state index is 0.128. The topological polar surface area (TPSA) is 64.6 Å². The predicted molar refractivity (Wildman–Crippen MR) is 97.0 cm³/mol. The molecule has 4 aliphatic carbocycles. The van der Waals surface area contributed by atoms with Gasteiger partial charge in [0.25, 0.3) is 5.91 Å². The van der Waals surface area contributed by atoms with Crippen LogP contribution in [-0.2, 0) is 9.53 Å². The van der Waals surface area contributed by atoms with E-state index in [-0.39, 0.29) is 22.8 Å². The van der Waals surface area contributed by atoms with Gasteiger partial charge in [0.05, 0.1) is 0 Å². The summed E-state index contributed by atoms with van der Waals surface area (Å²) in [5.41, 5.74) is -0.305. The van der Waals surface area contributed by atoms with Crippen LogP contribution in [0, 0.1) is 17.8 Å². The Balaban J connectivity index is 1.39. The van der Waals surface area contributed by atoms with Crippen LogP contribution in [0.5, 0.6) is 5.75 Å². The Labute approximate surface area is 162 Å². The highest BCUT2D eigenvalue weighted by Gasteiger charge is 2.51. The molecule has 0 spiro atoms. The molecular formula is C21H25F2NO4. The molecule has 7 heteroatoms. The van der Waals surface area contributed by atoms with Crippen molar-refractivity contribution < 1.29 is 27.8 Å². The van der Waals surface area contributed by atoms with Gasteiger partial charge in [-0.1, -0.05) is 12.1 Å². The Kier molecular flexibility index (Phi) is 5.02. The fraction of sp³-hybridized carbons (Fsp3) is 0.619. The van der Waals surface area contributed by atoms with E-state index >= 15 is 0 Å². The van der Waals surface area contributed by atoms with Gasteiger partial charge in [-0.25, -0.2) is 4.79 Å². The van der Waals surface area contributed by atoms with E-state index in [0.29, 0.717) is 17.8 Å². The summed E-state index contributed by atoms with van der Waals surface area (Å²) in [6.07, 6.45) is 5.77. The zero-order chi connectivity index (χ0) is 19.9. The summed E-state index contributed by atoms with van der Waals surface area (Å²) in [4.78, 5) is 25.1. The minimum atomic E-state index is -3.05. The van der Waals surface area contributed by atoms with Crippen LogP contribution in [-0.4, -0.2) is 30.1 Å². The summed E-state index contributed by atoms with van der Waals surface area (Å²) in [5, 5.41) is 3.16. The number of carbonyl (C=O) groups excluding carboxylic acids is 2. The molecule has 0 saturated heterocycles. The maximum absolute atomic E-state index is 12.7. The van der Waals surface area contributed by atoms with Crippen molar-refractivity contribution in [2.24, 2.45) is 17.8 Å². The highest BCUT2D eigenvalue weighted by Crippen LogP contribution is 2.55. The second kappa shape index (κ2) is 7.33. The highest BCUT2D eigenvalue weighted by molar-refractivity contribution is 5.94. The molecule has 1 N–H and O–H groups in total. The maximum atomic E-state index is 12.7. The lowest BCUT2D eigenvalue weighted by molar-refractivity contribution is -0.134. The quantitative estimate of drug-likeness (QED) is 0.744. The molecule has 28 heavy (non-hydrogen) atoms. The Bertz CT molecular complexity index is 731. The normalized spacial score (nSPS) is 31.5. The number of hydrogen-bond donors (Lipinski definition) is 1. The van der Waals surface area contributed by atoms with Crippen molar-refractivity contribution in [3.63, 3.8) is 0 Å². The molecule has 1 aromatic rings. The monoisotopic (exact) mass is 393 g/mol.